The van der Waals surface area contributed by atoms with E-state index in [0.717, 1.165) is 0 Å². The van der Waals surface area contributed by atoms with Crippen LogP contribution in [0.5, 0.6) is 11.5 Å². The van der Waals surface area contributed by atoms with Crippen molar-refractivity contribution in [2.24, 2.45) is 0 Å². The fraction of sp³-hybridized carbons (Fsp3) is 0.0588. The van der Waals surface area contributed by atoms with Crippen molar-refractivity contribution in [3.63, 3.8) is 0 Å². The smallest absolute Gasteiger partial charge is 0.311 e. The minimum atomic E-state index is -0.674. The van der Waals surface area contributed by atoms with Crippen LogP contribution in [0.25, 0.3) is 6.08 Å². The Labute approximate surface area is 142 Å². The fourth-order valence-corrected chi connectivity index (χ4v) is 2.00. The van der Waals surface area contributed by atoms with Crippen LogP contribution in [0, 0.1) is 21.4 Å². The zero-order chi connectivity index (χ0) is 18.4. The van der Waals surface area contributed by atoms with Crippen molar-refractivity contribution < 1.29 is 19.6 Å². The molecule has 8 heteroatoms. The molecule has 0 saturated carbocycles. The predicted molar refractivity (Wildman–Crippen MR) is 90.0 cm³/mol. The van der Waals surface area contributed by atoms with Gasteiger partial charge in [0.05, 0.1) is 12.0 Å². The maximum absolute atomic E-state index is 12.2. The molecule has 0 unspecified atom stereocenters. The van der Waals surface area contributed by atoms with Crippen LogP contribution in [0.4, 0.5) is 11.4 Å². The third kappa shape index (κ3) is 4.33. The van der Waals surface area contributed by atoms with Gasteiger partial charge < -0.3 is 15.2 Å². The molecule has 0 heterocycles. The van der Waals surface area contributed by atoms with Crippen LogP contribution in [0.2, 0.25) is 0 Å². The number of hydrogen-bond acceptors (Lipinski definition) is 6. The molecule has 0 bridgehead atoms. The summed E-state index contributed by atoms with van der Waals surface area (Å²) in [4.78, 5) is 22.6. The van der Waals surface area contributed by atoms with Crippen LogP contribution in [0.1, 0.15) is 5.56 Å². The number of amides is 1. The Morgan fingerprint density at radius 3 is 2.56 bits per heavy atom. The van der Waals surface area contributed by atoms with E-state index in [1.165, 1.54) is 55.7 Å². The van der Waals surface area contributed by atoms with Gasteiger partial charge in [0.25, 0.3) is 5.91 Å². The second-order valence-corrected chi connectivity index (χ2v) is 4.86. The number of phenols is 1. The second-order valence-electron chi connectivity index (χ2n) is 4.86. The van der Waals surface area contributed by atoms with Gasteiger partial charge in [0.15, 0.2) is 5.75 Å². The van der Waals surface area contributed by atoms with Crippen LogP contribution in [0.3, 0.4) is 0 Å². The molecule has 0 aliphatic rings. The van der Waals surface area contributed by atoms with Crippen molar-refractivity contribution in [1.29, 1.82) is 5.26 Å². The number of nitro benzene ring substituents is 1. The highest BCUT2D eigenvalue weighted by molar-refractivity contribution is 6.09. The number of phenolic OH excluding ortho intramolecular Hbond substituents is 1. The normalized spacial score (nSPS) is 10.6. The molecule has 0 aromatic heterocycles. The number of nitriles is 1. The average molecular weight is 339 g/mol. The Hall–Kier alpha value is -3.86. The summed E-state index contributed by atoms with van der Waals surface area (Å²) in [6.45, 7) is 0. The first-order valence-corrected chi connectivity index (χ1v) is 6.99. The molecule has 2 aromatic carbocycles. The first kappa shape index (κ1) is 17.5. The Kier molecular flexibility index (Phi) is 5.32. The van der Waals surface area contributed by atoms with Gasteiger partial charge in [0, 0.05) is 11.8 Å². The number of nitrogens with zero attached hydrogens (tertiary/aromatic N) is 2. The molecule has 0 aliphatic carbocycles. The number of rotatable bonds is 5. The van der Waals surface area contributed by atoms with Crippen molar-refractivity contribution in [1.82, 2.24) is 0 Å². The van der Waals surface area contributed by atoms with Crippen LogP contribution >= 0.6 is 0 Å². The summed E-state index contributed by atoms with van der Waals surface area (Å²) in [6, 6.07) is 11.6. The zero-order valence-electron chi connectivity index (χ0n) is 13.1. The summed E-state index contributed by atoms with van der Waals surface area (Å²) < 4.78 is 4.90. The summed E-state index contributed by atoms with van der Waals surface area (Å²) in [5.41, 5.74) is 0.203. The molecule has 25 heavy (non-hydrogen) atoms. The van der Waals surface area contributed by atoms with Gasteiger partial charge in [0.2, 0.25) is 0 Å². The van der Waals surface area contributed by atoms with Gasteiger partial charge in [-0.2, -0.15) is 5.26 Å². The third-order valence-electron chi connectivity index (χ3n) is 3.20. The van der Waals surface area contributed by atoms with Crippen LogP contribution in [-0.2, 0) is 4.79 Å². The molecule has 2 rings (SSSR count). The summed E-state index contributed by atoms with van der Waals surface area (Å²) >= 11 is 0. The monoisotopic (exact) mass is 339 g/mol. The number of anilines is 1. The number of nitrogens with one attached hydrogen (secondary N) is 1. The van der Waals surface area contributed by atoms with E-state index in [1.807, 2.05) is 0 Å². The molecule has 0 fully saturated rings. The second kappa shape index (κ2) is 7.61. The van der Waals surface area contributed by atoms with Crippen molar-refractivity contribution in [3.8, 4) is 17.6 Å². The van der Waals surface area contributed by atoms with E-state index < -0.39 is 10.8 Å². The highest BCUT2D eigenvalue weighted by atomic mass is 16.6. The van der Waals surface area contributed by atoms with Crippen molar-refractivity contribution in [3.05, 3.63) is 63.7 Å². The Morgan fingerprint density at radius 1 is 1.32 bits per heavy atom. The van der Waals surface area contributed by atoms with Crippen molar-refractivity contribution in [2.45, 2.75) is 0 Å². The number of nitro groups is 1. The third-order valence-corrected chi connectivity index (χ3v) is 3.20. The maximum Gasteiger partial charge on any atom is 0.311 e. The molecule has 0 spiro atoms. The quantitative estimate of drug-likeness (QED) is 0.284. The molecular formula is C17H13N3O5. The van der Waals surface area contributed by atoms with E-state index in [-0.39, 0.29) is 22.8 Å². The number of carbonyl (C=O) groups excluding carboxylic acids is 1. The van der Waals surface area contributed by atoms with E-state index in [4.69, 9.17) is 4.74 Å². The lowest BCUT2D eigenvalue weighted by atomic mass is 10.1. The topological polar surface area (TPSA) is 125 Å². The molecule has 2 N–H and O–H groups in total. The first-order chi connectivity index (χ1) is 11.9. The summed E-state index contributed by atoms with van der Waals surface area (Å²) in [7, 11) is 1.31. The Morgan fingerprint density at radius 2 is 2.00 bits per heavy atom. The zero-order valence-corrected chi connectivity index (χ0v) is 13.1. The van der Waals surface area contributed by atoms with Crippen LogP contribution in [0.15, 0.2) is 48.0 Å². The average Bonchev–Trinajstić information content (AvgIpc) is 2.61. The van der Waals surface area contributed by atoms with E-state index in [0.29, 0.717) is 11.3 Å². The molecular weight excluding hydrogens is 326 g/mol. The highest BCUT2D eigenvalue weighted by Gasteiger charge is 2.16. The molecule has 8 nitrogen and oxygen atoms in total. The number of ether oxygens (including phenoxy) is 1. The number of methoxy groups -OCH3 is 1. The largest absolute Gasteiger partial charge is 0.508 e. The Bertz CT molecular complexity index is 882. The van der Waals surface area contributed by atoms with Gasteiger partial charge in [-0.05, 0) is 42.0 Å². The van der Waals surface area contributed by atoms with Gasteiger partial charge in [-0.25, -0.2) is 0 Å². The van der Waals surface area contributed by atoms with Crippen molar-refractivity contribution in [2.75, 3.05) is 12.4 Å². The van der Waals surface area contributed by atoms with E-state index in [1.54, 1.807) is 6.07 Å². The lowest BCUT2D eigenvalue weighted by Gasteiger charge is -2.05. The number of benzene rings is 2. The summed E-state index contributed by atoms with van der Waals surface area (Å²) in [6.07, 6.45) is 1.24. The SMILES string of the molecule is COc1ccc(C=C(C#N)C(=O)Nc2ccc(O)cc2)cc1[N+](=O)[O-]. The molecule has 126 valence electrons. The minimum Gasteiger partial charge on any atom is -0.508 e. The molecule has 0 atom stereocenters. The van der Waals surface area contributed by atoms with Crippen LogP contribution in [-0.4, -0.2) is 23.0 Å². The Balaban J connectivity index is 2.29. The molecule has 0 saturated heterocycles. The molecule has 1 amide bonds. The number of aromatic hydroxyl groups is 1. The molecule has 0 radical (unpaired) electrons. The predicted octanol–water partition coefficient (Wildman–Crippen LogP) is 2.85. The van der Waals surface area contributed by atoms with Gasteiger partial charge >= 0.3 is 5.69 Å². The van der Waals surface area contributed by atoms with E-state index in [9.17, 15) is 25.3 Å². The van der Waals surface area contributed by atoms with Gasteiger partial charge in [-0.3, -0.25) is 14.9 Å². The first-order valence-electron chi connectivity index (χ1n) is 6.99. The van der Waals surface area contributed by atoms with Gasteiger partial charge in [0.1, 0.15) is 17.4 Å². The number of hydrogen-bond donors (Lipinski definition) is 2. The number of carbonyl (C=O) groups is 1. The van der Waals surface area contributed by atoms with Crippen molar-refractivity contribution >= 4 is 23.4 Å². The fourth-order valence-electron chi connectivity index (χ4n) is 2.00. The lowest BCUT2D eigenvalue weighted by molar-refractivity contribution is -0.385. The summed E-state index contributed by atoms with van der Waals surface area (Å²) in [5.74, 6) is -0.555. The lowest BCUT2D eigenvalue weighted by Crippen LogP contribution is -2.13. The highest BCUT2D eigenvalue weighted by Crippen LogP contribution is 2.28. The van der Waals surface area contributed by atoms with Crippen LogP contribution < -0.4 is 10.1 Å². The molecule has 0 aliphatic heterocycles. The molecule has 2 aromatic rings. The maximum atomic E-state index is 12.2. The van der Waals surface area contributed by atoms with E-state index in [2.05, 4.69) is 5.32 Å². The summed E-state index contributed by atoms with van der Waals surface area (Å²) in [5, 5.41) is 31.9. The standard InChI is InChI=1S/C17H13N3O5/c1-25-16-7-2-11(9-15(16)20(23)24)8-12(10-18)17(22)19-13-3-5-14(21)6-4-13/h2-9,21H,1H3,(H,19,22). The van der Waals surface area contributed by atoms with Gasteiger partial charge in [-0.15, -0.1) is 0 Å². The minimum absolute atomic E-state index is 0.0413. The van der Waals surface area contributed by atoms with E-state index >= 15 is 0 Å². The van der Waals surface area contributed by atoms with Gasteiger partial charge in [-0.1, -0.05) is 6.07 Å².